The van der Waals surface area contributed by atoms with Gasteiger partial charge in [-0.3, -0.25) is 10.1 Å². The lowest BCUT2D eigenvalue weighted by atomic mass is 10.2. The van der Waals surface area contributed by atoms with Gasteiger partial charge in [-0.2, -0.15) is 0 Å². The number of aromatic amines is 1. The summed E-state index contributed by atoms with van der Waals surface area (Å²) in [5.41, 5.74) is 1.64. The maximum atomic E-state index is 10.4. The molecule has 1 aromatic heterocycles. The molecule has 0 saturated heterocycles. The van der Waals surface area contributed by atoms with Crippen LogP contribution < -0.4 is 0 Å². The third-order valence-corrected chi connectivity index (χ3v) is 2.32. The third kappa shape index (κ3) is 1.85. The summed E-state index contributed by atoms with van der Waals surface area (Å²) in [6, 6.07) is 7.53. The Hall–Kier alpha value is -1.81. The molecule has 0 unspecified atom stereocenters. The average Bonchev–Trinajstić information content (AvgIpc) is 2.62. The number of aromatic nitrogens is 1. The Bertz CT molecular complexity index is 545. The first-order valence-electron chi connectivity index (χ1n) is 4.26. The van der Waals surface area contributed by atoms with E-state index in [-0.39, 0.29) is 5.16 Å². The summed E-state index contributed by atoms with van der Waals surface area (Å²) < 4.78 is 0. The van der Waals surface area contributed by atoms with Crippen LogP contribution in [-0.2, 0) is 0 Å². The van der Waals surface area contributed by atoms with Gasteiger partial charge in [0.15, 0.2) is 0 Å². The number of para-hydroxylation sites is 1. The molecule has 0 fully saturated rings. The van der Waals surface area contributed by atoms with E-state index in [0.717, 1.165) is 10.9 Å². The Balaban J connectivity index is 2.54. The zero-order valence-corrected chi connectivity index (χ0v) is 8.36. The zero-order chi connectivity index (χ0) is 10.8. The maximum Gasteiger partial charge on any atom is 0.337 e. The van der Waals surface area contributed by atoms with E-state index in [0.29, 0.717) is 5.56 Å². The van der Waals surface area contributed by atoms with Crippen LogP contribution in [0, 0.1) is 10.1 Å². The highest BCUT2D eigenvalue weighted by Crippen LogP contribution is 2.21. The minimum absolute atomic E-state index is 0.389. The largest absolute Gasteiger partial charge is 0.361 e. The van der Waals surface area contributed by atoms with Crippen molar-refractivity contribution >= 4 is 28.6 Å². The van der Waals surface area contributed by atoms with Gasteiger partial charge in [0.2, 0.25) is 0 Å². The van der Waals surface area contributed by atoms with Gasteiger partial charge >= 0.3 is 5.16 Å². The number of halogens is 1. The van der Waals surface area contributed by atoms with Crippen LogP contribution in [0.1, 0.15) is 5.56 Å². The summed E-state index contributed by atoms with van der Waals surface area (Å²) in [6.07, 6.45) is 3.02. The van der Waals surface area contributed by atoms with Gasteiger partial charge in [0.1, 0.15) is 0 Å². The summed E-state index contributed by atoms with van der Waals surface area (Å²) in [5.74, 6) is 0. The quantitative estimate of drug-likeness (QED) is 0.482. The Kier molecular flexibility index (Phi) is 2.43. The molecular formula is C10H7ClN2O2. The molecule has 0 spiro atoms. The van der Waals surface area contributed by atoms with Crippen LogP contribution in [0.15, 0.2) is 35.6 Å². The van der Waals surface area contributed by atoms with Crippen molar-refractivity contribution in [3.05, 3.63) is 51.3 Å². The van der Waals surface area contributed by atoms with Gasteiger partial charge in [0.25, 0.3) is 0 Å². The average molecular weight is 223 g/mol. The second-order valence-electron chi connectivity index (χ2n) is 3.01. The van der Waals surface area contributed by atoms with Gasteiger partial charge in [0, 0.05) is 28.7 Å². The molecule has 1 heterocycles. The summed E-state index contributed by atoms with van der Waals surface area (Å²) in [5, 5.41) is 10.9. The third-order valence-electron chi connectivity index (χ3n) is 2.07. The molecule has 0 amide bonds. The summed E-state index contributed by atoms with van der Waals surface area (Å²) >= 11 is 5.46. The van der Waals surface area contributed by atoms with E-state index in [9.17, 15) is 10.1 Å². The number of fused-ring (bicyclic) bond motifs is 1. The molecular weight excluding hydrogens is 216 g/mol. The summed E-state index contributed by atoms with van der Waals surface area (Å²) in [6.45, 7) is 0. The Labute approximate surface area is 90.3 Å². The fourth-order valence-corrected chi connectivity index (χ4v) is 1.51. The number of hydrogen-bond donors (Lipinski definition) is 1. The number of hydrogen-bond acceptors (Lipinski definition) is 2. The van der Waals surface area contributed by atoms with Crippen LogP contribution in [0.4, 0.5) is 0 Å². The molecule has 0 bridgehead atoms. The van der Waals surface area contributed by atoms with Gasteiger partial charge in [-0.15, -0.1) is 0 Å². The topological polar surface area (TPSA) is 58.9 Å². The molecule has 0 aliphatic carbocycles. The van der Waals surface area contributed by atoms with Crippen molar-refractivity contribution in [3.8, 4) is 0 Å². The number of nitro groups is 1. The standard InChI is InChI=1S/C10H7ClN2O2/c11-10(13(14)15)5-7-6-12-9-4-2-1-3-8(7)9/h1-6,12H/b10-5-. The molecule has 5 heteroatoms. The summed E-state index contributed by atoms with van der Waals surface area (Å²) in [4.78, 5) is 12.7. The van der Waals surface area contributed by atoms with E-state index < -0.39 is 4.92 Å². The van der Waals surface area contributed by atoms with E-state index in [2.05, 4.69) is 4.98 Å². The van der Waals surface area contributed by atoms with E-state index in [1.165, 1.54) is 6.08 Å². The summed E-state index contributed by atoms with van der Waals surface area (Å²) in [7, 11) is 0. The molecule has 0 aliphatic rings. The van der Waals surface area contributed by atoms with Gasteiger partial charge < -0.3 is 4.98 Å². The molecule has 0 saturated carbocycles. The van der Waals surface area contributed by atoms with E-state index >= 15 is 0 Å². The Morgan fingerprint density at radius 2 is 2.20 bits per heavy atom. The van der Waals surface area contributed by atoms with Crippen LogP contribution >= 0.6 is 11.6 Å². The fourth-order valence-electron chi connectivity index (χ4n) is 1.39. The van der Waals surface area contributed by atoms with E-state index in [1.54, 1.807) is 6.20 Å². The lowest BCUT2D eigenvalue weighted by Gasteiger charge is -1.90. The number of benzene rings is 1. The fraction of sp³-hybridized carbons (Fsp3) is 0. The first-order valence-corrected chi connectivity index (χ1v) is 4.64. The van der Waals surface area contributed by atoms with Crippen molar-refractivity contribution in [2.75, 3.05) is 0 Å². The van der Waals surface area contributed by atoms with Crippen molar-refractivity contribution in [2.24, 2.45) is 0 Å². The predicted molar refractivity (Wildman–Crippen MR) is 59.1 cm³/mol. The van der Waals surface area contributed by atoms with Crippen molar-refractivity contribution in [3.63, 3.8) is 0 Å². The number of rotatable bonds is 2. The van der Waals surface area contributed by atoms with Gasteiger partial charge in [-0.1, -0.05) is 18.2 Å². The minimum atomic E-state index is -0.622. The zero-order valence-electron chi connectivity index (χ0n) is 7.61. The first-order chi connectivity index (χ1) is 7.18. The molecule has 2 rings (SSSR count). The van der Waals surface area contributed by atoms with Crippen molar-refractivity contribution in [1.82, 2.24) is 4.98 Å². The second-order valence-corrected chi connectivity index (χ2v) is 3.40. The molecule has 4 nitrogen and oxygen atoms in total. The SMILES string of the molecule is O=[N+]([O-])/C(Cl)=C\c1c[nH]c2ccccc12. The molecule has 76 valence electrons. The highest BCUT2D eigenvalue weighted by atomic mass is 35.5. The predicted octanol–water partition coefficient (Wildman–Crippen LogP) is 2.98. The van der Waals surface area contributed by atoms with E-state index in [1.807, 2.05) is 24.3 Å². The first kappa shape index (κ1) is 9.73. The van der Waals surface area contributed by atoms with Crippen LogP contribution in [0.25, 0.3) is 17.0 Å². The van der Waals surface area contributed by atoms with Crippen LogP contribution in [0.2, 0.25) is 0 Å². The van der Waals surface area contributed by atoms with Gasteiger partial charge in [0.05, 0.1) is 4.92 Å². The monoisotopic (exact) mass is 222 g/mol. The minimum Gasteiger partial charge on any atom is -0.361 e. The Morgan fingerprint density at radius 3 is 2.93 bits per heavy atom. The smallest absolute Gasteiger partial charge is 0.337 e. The molecule has 1 N–H and O–H groups in total. The maximum absolute atomic E-state index is 10.4. The molecule has 2 aromatic rings. The van der Waals surface area contributed by atoms with Crippen molar-refractivity contribution < 1.29 is 4.92 Å². The highest BCUT2D eigenvalue weighted by Gasteiger charge is 2.08. The van der Waals surface area contributed by atoms with Crippen LogP contribution in [0.3, 0.4) is 0 Å². The molecule has 15 heavy (non-hydrogen) atoms. The van der Waals surface area contributed by atoms with Crippen LogP contribution in [-0.4, -0.2) is 9.91 Å². The van der Waals surface area contributed by atoms with Gasteiger partial charge in [-0.05, 0) is 17.7 Å². The molecule has 1 aromatic carbocycles. The number of H-pyrrole nitrogens is 1. The molecule has 0 radical (unpaired) electrons. The van der Waals surface area contributed by atoms with Crippen molar-refractivity contribution in [2.45, 2.75) is 0 Å². The number of nitrogens with one attached hydrogen (secondary N) is 1. The van der Waals surface area contributed by atoms with Crippen LogP contribution in [0.5, 0.6) is 0 Å². The Morgan fingerprint density at radius 1 is 1.47 bits per heavy atom. The second kappa shape index (κ2) is 3.74. The van der Waals surface area contributed by atoms with Crippen molar-refractivity contribution in [1.29, 1.82) is 0 Å². The van der Waals surface area contributed by atoms with E-state index in [4.69, 9.17) is 11.6 Å². The normalized spacial score (nSPS) is 11.9. The molecule has 0 aliphatic heterocycles. The lowest BCUT2D eigenvalue weighted by molar-refractivity contribution is -0.410. The molecule has 0 atom stereocenters. The highest BCUT2D eigenvalue weighted by molar-refractivity contribution is 6.30. The number of nitrogens with zero attached hydrogens (tertiary/aromatic N) is 1. The van der Waals surface area contributed by atoms with Gasteiger partial charge in [-0.25, -0.2) is 0 Å². The lowest BCUT2D eigenvalue weighted by Crippen LogP contribution is -1.89.